The lowest BCUT2D eigenvalue weighted by Crippen LogP contribution is -2.14. The first kappa shape index (κ1) is 25.9. The summed E-state index contributed by atoms with van der Waals surface area (Å²) in [5, 5.41) is 16.6. The van der Waals surface area contributed by atoms with Crippen molar-refractivity contribution in [1.29, 1.82) is 10.5 Å². The van der Waals surface area contributed by atoms with Crippen LogP contribution in [0.15, 0.2) is 0 Å². The molecule has 1 atom stereocenters. The average Bonchev–Trinajstić information content (AvgIpc) is 2.34. The van der Waals surface area contributed by atoms with Crippen LogP contribution in [0.5, 0.6) is 0 Å². The van der Waals surface area contributed by atoms with Gasteiger partial charge in [-0.15, -0.1) is 0 Å². The highest BCUT2D eigenvalue weighted by molar-refractivity contribution is 4.87. The van der Waals surface area contributed by atoms with Crippen molar-refractivity contribution in [3.63, 3.8) is 0 Å². The van der Waals surface area contributed by atoms with E-state index in [9.17, 15) is 0 Å². The average molecular weight is 309 g/mol. The zero-order valence-corrected chi connectivity index (χ0v) is 17.1. The molecule has 0 heterocycles. The molecule has 1 unspecified atom stereocenters. The minimum Gasteiger partial charge on any atom is -0.198 e. The van der Waals surface area contributed by atoms with Crippen LogP contribution in [-0.2, 0) is 0 Å². The highest BCUT2D eigenvalue weighted by Crippen LogP contribution is 2.23. The summed E-state index contributed by atoms with van der Waals surface area (Å²) in [6, 6.07) is 4.33. The molecule has 0 radical (unpaired) electrons. The summed E-state index contributed by atoms with van der Waals surface area (Å²) in [5.41, 5.74) is 1.02. The Labute approximate surface area is 140 Å². The van der Waals surface area contributed by atoms with Gasteiger partial charge in [-0.3, -0.25) is 0 Å². The third kappa shape index (κ3) is 27.3. The molecule has 0 saturated carbocycles. The van der Waals surface area contributed by atoms with E-state index in [1.807, 2.05) is 6.92 Å². The van der Waals surface area contributed by atoms with Crippen molar-refractivity contribution in [3.05, 3.63) is 0 Å². The normalized spacial score (nSPS) is 12.6. The topological polar surface area (TPSA) is 47.6 Å². The molecule has 130 valence electrons. The SMILES string of the molecule is CC(C#N)C(C)(C)C.CC(C)(C)CCC#N.CCC(C)(C)C. The molecule has 0 fully saturated rings. The van der Waals surface area contributed by atoms with E-state index < -0.39 is 0 Å². The number of nitriles is 2. The lowest BCUT2D eigenvalue weighted by atomic mass is 9.83. The van der Waals surface area contributed by atoms with Gasteiger partial charge in [0, 0.05) is 12.3 Å². The molecule has 0 aromatic carbocycles. The summed E-state index contributed by atoms with van der Waals surface area (Å²) in [7, 11) is 0. The summed E-state index contributed by atoms with van der Waals surface area (Å²) in [5.74, 6) is 0.155. The van der Waals surface area contributed by atoms with Crippen molar-refractivity contribution < 1.29 is 0 Å². The Kier molecular flexibility index (Phi) is 13.6. The van der Waals surface area contributed by atoms with Gasteiger partial charge < -0.3 is 0 Å². The highest BCUT2D eigenvalue weighted by Gasteiger charge is 2.18. The van der Waals surface area contributed by atoms with Crippen molar-refractivity contribution in [2.24, 2.45) is 22.2 Å². The third-order valence-corrected chi connectivity index (χ3v) is 3.54. The van der Waals surface area contributed by atoms with Gasteiger partial charge in [0.05, 0.1) is 12.1 Å². The Balaban J connectivity index is -0.000000249. The predicted octanol–water partition coefficient (Wildman–Crippen LogP) is 6.97. The van der Waals surface area contributed by atoms with Crippen molar-refractivity contribution in [3.8, 4) is 12.1 Å². The fourth-order valence-corrected chi connectivity index (χ4v) is 0.625. The van der Waals surface area contributed by atoms with Gasteiger partial charge in [-0.05, 0) is 29.6 Å². The number of hydrogen-bond donors (Lipinski definition) is 0. The Morgan fingerprint density at radius 2 is 1.18 bits per heavy atom. The second-order valence-corrected chi connectivity index (χ2v) is 9.35. The van der Waals surface area contributed by atoms with E-state index in [4.69, 9.17) is 10.5 Å². The van der Waals surface area contributed by atoms with Gasteiger partial charge in [-0.2, -0.15) is 10.5 Å². The van der Waals surface area contributed by atoms with E-state index in [2.05, 4.69) is 81.4 Å². The highest BCUT2D eigenvalue weighted by atomic mass is 14.3. The van der Waals surface area contributed by atoms with E-state index in [0.717, 1.165) is 6.42 Å². The van der Waals surface area contributed by atoms with Crippen LogP contribution in [-0.4, -0.2) is 0 Å². The van der Waals surface area contributed by atoms with E-state index in [0.29, 0.717) is 17.3 Å². The molecule has 2 nitrogen and oxygen atoms in total. The van der Waals surface area contributed by atoms with Crippen LogP contribution < -0.4 is 0 Å². The van der Waals surface area contributed by atoms with E-state index in [-0.39, 0.29) is 11.3 Å². The van der Waals surface area contributed by atoms with Gasteiger partial charge in [0.2, 0.25) is 0 Å². The smallest absolute Gasteiger partial charge is 0.0658 e. The molecule has 0 rings (SSSR count). The molecule has 0 aromatic heterocycles. The van der Waals surface area contributed by atoms with Crippen molar-refractivity contribution in [1.82, 2.24) is 0 Å². The van der Waals surface area contributed by atoms with Gasteiger partial charge in [0.1, 0.15) is 0 Å². The van der Waals surface area contributed by atoms with Crippen molar-refractivity contribution >= 4 is 0 Å². The molecule has 2 heteroatoms. The molecule has 0 aliphatic rings. The molecule has 0 aliphatic heterocycles. The molecule has 0 amide bonds. The van der Waals surface area contributed by atoms with Gasteiger partial charge in [-0.1, -0.05) is 75.7 Å². The van der Waals surface area contributed by atoms with Gasteiger partial charge in [0.15, 0.2) is 0 Å². The molecule has 0 N–H and O–H groups in total. The summed E-state index contributed by atoms with van der Waals surface area (Å²) in [6.07, 6.45) is 2.96. The predicted molar refractivity (Wildman–Crippen MR) is 98.3 cm³/mol. The zero-order valence-electron chi connectivity index (χ0n) is 17.1. The van der Waals surface area contributed by atoms with Crippen LogP contribution in [0.3, 0.4) is 0 Å². The Morgan fingerprint density at radius 1 is 0.818 bits per heavy atom. The van der Waals surface area contributed by atoms with Crippen LogP contribution in [0.1, 0.15) is 95.4 Å². The molecule has 0 aliphatic carbocycles. The maximum atomic E-state index is 8.42. The fourth-order valence-electron chi connectivity index (χ4n) is 0.625. The van der Waals surface area contributed by atoms with Crippen molar-refractivity contribution in [2.45, 2.75) is 95.4 Å². The lowest BCUT2D eigenvalue weighted by Gasteiger charge is -2.19. The van der Waals surface area contributed by atoms with Crippen LogP contribution in [0.4, 0.5) is 0 Å². The van der Waals surface area contributed by atoms with Gasteiger partial charge in [0.25, 0.3) is 0 Å². The second kappa shape index (κ2) is 11.5. The number of rotatable bonds is 1. The van der Waals surface area contributed by atoms with Gasteiger partial charge >= 0.3 is 0 Å². The van der Waals surface area contributed by atoms with E-state index in [1.54, 1.807) is 0 Å². The molecule has 0 spiro atoms. The van der Waals surface area contributed by atoms with Gasteiger partial charge in [-0.25, -0.2) is 0 Å². The first-order valence-corrected chi connectivity index (χ1v) is 8.37. The van der Waals surface area contributed by atoms with Crippen LogP contribution in [0, 0.1) is 44.8 Å². The summed E-state index contributed by atoms with van der Waals surface area (Å²) in [6.45, 7) is 23.5. The maximum Gasteiger partial charge on any atom is 0.0658 e. The maximum absolute atomic E-state index is 8.42. The zero-order chi connectivity index (χ0) is 18.6. The Morgan fingerprint density at radius 3 is 1.23 bits per heavy atom. The Bertz CT molecular complexity index is 334. The lowest BCUT2D eigenvalue weighted by molar-refractivity contribution is 0.322. The fraction of sp³-hybridized carbons (Fsp3) is 0.900. The van der Waals surface area contributed by atoms with Crippen LogP contribution >= 0.6 is 0 Å². The first-order chi connectivity index (χ1) is 9.60. The quantitative estimate of drug-likeness (QED) is 0.525. The largest absolute Gasteiger partial charge is 0.198 e. The molecule has 0 bridgehead atoms. The number of nitrogens with zero attached hydrogens (tertiary/aromatic N) is 2. The van der Waals surface area contributed by atoms with Crippen LogP contribution in [0.25, 0.3) is 0 Å². The van der Waals surface area contributed by atoms with Crippen LogP contribution in [0.2, 0.25) is 0 Å². The van der Waals surface area contributed by atoms with E-state index >= 15 is 0 Å². The molecule has 22 heavy (non-hydrogen) atoms. The Hall–Kier alpha value is -1.02. The third-order valence-electron chi connectivity index (χ3n) is 3.54. The summed E-state index contributed by atoms with van der Waals surface area (Å²) >= 11 is 0. The summed E-state index contributed by atoms with van der Waals surface area (Å²) in [4.78, 5) is 0. The summed E-state index contributed by atoms with van der Waals surface area (Å²) < 4.78 is 0. The number of hydrogen-bond acceptors (Lipinski definition) is 2. The second-order valence-electron chi connectivity index (χ2n) is 9.35. The molecular weight excluding hydrogens is 268 g/mol. The molecule has 0 aromatic rings. The minimum atomic E-state index is 0.148. The minimum absolute atomic E-state index is 0.148. The molecule has 0 saturated heterocycles. The molecular formula is C20H40N2. The van der Waals surface area contributed by atoms with E-state index in [1.165, 1.54) is 6.42 Å². The van der Waals surface area contributed by atoms with Crippen molar-refractivity contribution in [2.75, 3.05) is 0 Å². The monoisotopic (exact) mass is 308 g/mol. The first-order valence-electron chi connectivity index (χ1n) is 8.37. The standard InChI is InChI=1S/2C7H13N.C6H14/c1-6(5-8)7(2,3)4;1-7(2,3)5-4-6-8;1-5-6(2,3)4/h6H,1-4H3;4-5H2,1-3H3;5H2,1-4H3.